The van der Waals surface area contributed by atoms with Crippen LogP contribution in [0.3, 0.4) is 0 Å². The second-order valence-corrected chi connectivity index (χ2v) is 5.49. The maximum atomic E-state index is 9.18. The molecule has 0 aromatic rings. The molecule has 2 N–H and O–H groups in total. The summed E-state index contributed by atoms with van der Waals surface area (Å²) in [5, 5.41) is 0. The zero-order chi connectivity index (χ0) is 4.28. The molecule has 0 fully saturated rings. The third-order valence-electron chi connectivity index (χ3n) is 0.0546. The molecule has 0 atom stereocenters. The van der Waals surface area contributed by atoms with Gasteiger partial charge in [-0.3, -0.25) is 0 Å². The van der Waals surface area contributed by atoms with E-state index in [2.05, 4.69) is 0 Å². The third-order valence-corrected chi connectivity index (χ3v) is 0.968. The summed E-state index contributed by atoms with van der Waals surface area (Å²) in [6, 6.07) is 0. The summed E-state index contributed by atoms with van der Waals surface area (Å²) < 4.78 is 1.45. The predicted octanol–water partition coefficient (Wildman–Crippen LogP) is 0.155. The van der Waals surface area contributed by atoms with Gasteiger partial charge in [0, 0.05) is 0 Å². The van der Waals surface area contributed by atoms with Crippen molar-refractivity contribution < 1.29 is 23.8 Å². The molecule has 0 saturated carbocycles. The normalized spacial score (nSPS) is 8.00. The molecule has 0 rings (SSSR count). The van der Waals surface area contributed by atoms with Gasteiger partial charge in [-0.05, 0) is 0 Å². The molecule has 0 saturated heterocycles. The molecule has 0 amide bonds. The van der Waals surface area contributed by atoms with Crippen molar-refractivity contribution in [1.29, 1.82) is 0 Å². The first-order valence-corrected chi connectivity index (χ1v) is 5.99. The van der Waals surface area contributed by atoms with E-state index >= 15 is 0 Å². The summed E-state index contributed by atoms with van der Waals surface area (Å²) in [5.41, 5.74) is 0. The van der Waals surface area contributed by atoms with E-state index in [9.17, 15) is 4.79 Å². The predicted molar refractivity (Wildman–Crippen MR) is 21.0 cm³/mol. The van der Waals surface area contributed by atoms with Crippen LogP contribution < -0.4 is 0 Å². The molecule has 5 heteroatoms. The van der Waals surface area contributed by atoms with Crippen LogP contribution in [0.4, 0.5) is 0 Å². The molecule has 40 valence electrons. The summed E-state index contributed by atoms with van der Waals surface area (Å²) in [7, 11) is 9.89. The Labute approximate surface area is 47.9 Å². The van der Waals surface area contributed by atoms with Crippen LogP contribution in [0.5, 0.6) is 0 Å². The van der Waals surface area contributed by atoms with Gasteiger partial charge in [-0.25, -0.2) is 0 Å². The van der Waals surface area contributed by atoms with Crippen LogP contribution in [-0.2, 0) is 18.3 Å². The number of halogens is 2. The van der Waals surface area contributed by atoms with E-state index in [0.717, 1.165) is 0 Å². The Morgan fingerprint density at radius 3 is 1.67 bits per heavy atom. The Hall–Kier alpha value is 0.743. The van der Waals surface area contributed by atoms with Crippen molar-refractivity contribution in [1.82, 2.24) is 0 Å². The second kappa shape index (κ2) is 5.74. The van der Waals surface area contributed by atoms with Crippen LogP contribution >= 0.6 is 19.4 Å². The molecule has 2 nitrogen and oxygen atoms in total. The summed E-state index contributed by atoms with van der Waals surface area (Å²) in [6.07, 6.45) is 0. The van der Waals surface area contributed by atoms with Gasteiger partial charge < -0.3 is 5.48 Å². The number of hydrogen-bond donors (Lipinski definition) is 0. The van der Waals surface area contributed by atoms with E-state index < -0.39 is 13.5 Å². The Kier molecular flexibility index (Phi) is 9.46. The van der Waals surface area contributed by atoms with Crippen molar-refractivity contribution >= 4 is 23.9 Å². The van der Waals surface area contributed by atoms with Gasteiger partial charge in [-0.15, -0.1) is 0 Å². The van der Waals surface area contributed by atoms with Crippen LogP contribution in [0.25, 0.3) is 0 Å². The van der Waals surface area contributed by atoms with Crippen molar-refractivity contribution in [2.24, 2.45) is 0 Å². The first-order valence-electron chi connectivity index (χ1n) is 0.648. The van der Waals surface area contributed by atoms with Gasteiger partial charge >= 0.3 is 42.2 Å². The molecule has 0 heterocycles. The summed E-state index contributed by atoms with van der Waals surface area (Å²) >= 11 is -2.04. The molecule has 0 aromatic heterocycles. The SMILES string of the molecule is O.O=[C]=[Ru]([Cl])[Cl]. The van der Waals surface area contributed by atoms with E-state index in [4.69, 9.17) is 19.4 Å². The Morgan fingerprint density at radius 2 is 1.67 bits per heavy atom. The van der Waals surface area contributed by atoms with Crippen molar-refractivity contribution in [2.75, 3.05) is 0 Å². The molecule has 0 aliphatic heterocycles. The van der Waals surface area contributed by atoms with Gasteiger partial charge in [0.1, 0.15) is 0 Å². The standard InChI is InChI=1S/CO.2ClH.H2O.Ru/c1-2;;;;/h;2*1H;1H2;/q;;;;+2/p-2. The van der Waals surface area contributed by atoms with Crippen LogP contribution in [0.15, 0.2) is 0 Å². The van der Waals surface area contributed by atoms with Crippen molar-refractivity contribution in [3.8, 4) is 0 Å². The fraction of sp³-hybridized carbons (Fsp3) is 0. The van der Waals surface area contributed by atoms with Crippen LogP contribution in [0, 0.1) is 0 Å². The van der Waals surface area contributed by atoms with Crippen molar-refractivity contribution in [2.45, 2.75) is 0 Å². The number of carbonyl (C=O) groups excluding carboxylic acids is 1. The van der Waals surface area contributed by atoms with E-state index in [1.54, 1.807) is 0 Å². The third kappa shape index (κ3) is 8.83. The minimum atomic E-state index is -2.04. The summed E-state index contributed by atoms with van der Waals surface area (Å²) in [5.74, 6) is 0. The summed E-state index contributed by atoms with van der Waals surface area (Å²) in [6.45, 7) is 0. The zero-order valence-corrected chi connectivity index (χ0v) is 5.77. The molecule has 0 aliphatic carbocycles. The number of rotatable bonds is 0. The Bertz CT molecular complexity index is 71.6. The zero-order valence-electron chi connectivity index (χ0n) is 2.52. The molecule has 0 spiro atoms. The molecule has 0 aromatic carbocycles. The molecule has 0 bridgehead atoms. The average molecular weight is 218 g/mol. The topological polar surface area (TPSA) is 48.6 Å². The first kappa shape index (κ1) is 9.89. The fourth-order valence-electron chi connectivity index (χ4n) is 0. The van der Waals surface area contributed by atoms with E-state index in [1.807, 2.05) is 0 Å². The van der Waals surface area contributed by atoms with Gasteiger partial charge in [0.2, 0.25) is 0 Å². The van der Waals surface area contributed by atoms with E-state index in [1.165, 1.54) is 4.47 Å². The van der Waals surface area contributed by atoms with E-state index in [-0.39, 0.29) is 5.48 Å². The average Bonchev–Trinajstić information content (AvgIpc) is 1.38. The molecular weight excluding hydrogens is 216 g/mol. The quantitative estimate of drug-likeness (QED) is 0.534. The van der Waals surface area contributed by atoms with Gasteiger partial charge in [-0.1, -0.05) is 0 Å². The van der Waals surface area contributed by atoms with Crippen LogP contribution in [-0.4, -0.2) is 9.95 Å². The number of hydrogen-bond acceptors (Lipinski definition) is 1. The molecule has 0 aliphatic rings. The Morgan fingerprint density at radius 1 is 1.50 bits per heavy atom. The van der Waals surface area contributed by atoms with Crippen molar-refractivity contribution in [3.63, 3.8) is 0 Å². The molecule has 0 unspecified atom stereocenters. The van der Waals surface area contributed by atoms with Crippen LogP contribution in [0.2, 0.25) is 0 Å². The van der Waals surface area contributed by atoms with Gasteiger partial charge in [0.25, 0.3) is 0 Å². The second-order valence-electron chi connectivity index (χ2n) is 0.256. The van der Waals surface area contributed by atoms with Crippen LogP contribution in [0.1, 0.15) is 0 Å². The molecular formula is CH2Cl2O2Ru. The van der Waals surface area contributed by atoms with Gasteiger partial charge in [-0.2, -0.15) is 0 Å². The molecule has 0 radical (unpaired) electrons. The van der Waals surface area contributed by atoms with E-state index in [0.29, 0.717) is 0 Å². The van der Waals surface area contributed by atoms with Crippen molar-refractivity contribution in [3.05, 3.63) is 0 Å². The summed E-state index contributed by atoms with van der Waals surface area (Å²) in [4.78, 5) is 9.18. The Balaban J connectivity index is 0. The van der Waals surface area contributed by atoms with Gasteiger partial charge in [0.05, 0.1) is 0 Å². The van der Waals surface area contributed by atoms with Gasteiger partial charge in [0.15, 0.2) is 0 Å². The first-order chi connectivity index (χ1) is 2.27. The molecule has 6 heavy (non-hydrogen) atoms. The maximum absolute atomic E-state index is 9.18. The monoisotopic (exact) mass is 218 g/mol. The fourth-order valence-corrected chi connectivity index (χ4v) is 0. The minimum absolute atomic E-state index is 0.